The van der Waals surface area contributed by atoms with Crippen molar-refractivity contribution in [3.8, 4) is 17.6 Å². The predicted molar refractivity (Wildman–Crippen MR) is 78.0 cm³/mol. The van der Waals surface area contributed by atoms with Crippen LogP contribution in [-0.2, 0) is 6.42 Å². The molecule has 0 aromatic heterocycles. The number of benzene rings is 2. The first-order valence-electron chi connectivity index (χ1n) is 6.44. The zero-order valence-electron chi connectivity index (χ0n) is 11.7. The molecule has 3 nitrogen and oxygen atoms in total. The first kappa shape index (κ1) is 14.0. The van der Waals surface area contributed by atoms with Gasteiger partial charge in [0.1, 0.15) is 11.5 Å². The highest BCUT2D eigenvalue weighted by atomic mass is 16.5. The minimum absolute atomic E-state index is 0.182. The summed E-state index contributed by atoms with van der Waals surface area (Å²) >= 11 is 0. The minimum Gasteiger partial charge on any atom is -0.497 e. The highest BCUT2D eigenvalue weighted by molar-refractivity contribution is 5.42. The maximum absolute atomic E-state index is 9.39. The zero-order valence-corrected chi connectivity index (χ0v) is 11.7. The third-order valence-corrected chi connectivity index (χ3v) is 3.28. The molecule has 1 atom stereocenters. The Morgan fingerprint density at radius 2 is 1.80 bits per heavy atom. The van der Waals surface area contributed by atoms with Gasteiger partial charge in [-0.3, -0.25) is 0 Å². The Kier molecular flexibility index (Phi) is 4.62. The van der Waals surface area contributed by atoms with Crippen molar-refractivity contribution in [1.82, 2.24) is 0 Å². The van der Waals surface area contributed by atoms with Crippen LogP contribution in [0.1, 0.15) is 17.0 Å². The van der Waals surface area contributed by atoms with Gasteiger partial charge in [-0.05, 0) is 23.6 Å². The number of nitrogens with zero attached hydrogens (tertiary/aromatic N) is 1. The lowest BCUT2D eigenvalue weighted by molar-refractivity contribution is 0.390. The second-order valence-corrected chi connectivity index (χ2v) is 4.47. The van der Waals surface area contributed by atoms with Crippen molar-refractivity contribution in [3.63, 3.8) is 0 Å². The molecule has 20 heavy (non-hydrogen) atoms. The molecule has 0 heterocycles. The third-order valence-electron chi connectivity index (χ3n) is 3.28. The molecule has 0 aliphatic heterocycles. The summed E-state index contributed by atoms with van der Waals surface area (Å²) in [6.45, 7) is 0. The lowest BCUT2D eigenvalue weighted by Crippen LogP contribution is -2.02. The molecule has 0 aliphatic carbocycles. The SMILES string of the molecule is COc1ccc(CC(C#N)c2ccccc2)c(OC)c1. The Morgan fingerprint density at radius 3 is 2.40 bits per heavy atom. The van der Waals surface area contributed by atoms with Crippen LogP contribution in [0.15, 0.2) is 48.5 Å². The molecular weight excluding hydrogens is 250 g/mol. The fourth-order valence-corrected chi connectivity index (χ4v) is 2.16. The highest BCUT2D eigenvalue weighted by Gasteiger charge is 2.14. The lowest BCUT2D eigenvalue weighted by atomic mass is 9.93. The first-order chi connectivity index (χ1) is 9.78. The maximum atomic E-state index is 9.39. The molecule has 2 aromatic rings. The average Bonchev–Trinajstić information content (AvgIpc) is 2.53. The summed E-state index contributed by atoms with van der Waals surface area (Å²) in [4.78, 5) is 0. The van der Waals surface area contributed by atoms with Gasteiger partial charge >= 0.3 is 0 Å². The molecule has 0 bridgehead atoms. The Morgan fingerprint density at radius 1 is 1.05 bits per heavy atom. The van der Waals surface area contributed by atoms with E-state index in [0.717, 1.165) is 22.6 Å². The normalized spacial score (nSPS) is 11.4. The van der Waals surface area contributed by atoms with E-state index in [-0.39, 0.29) is 5.92 Å². The molecule has 0 saturated carbocycles. The second-order valence-electron chi connectivity index (χ2n) is 4.47. The van der Waals surface area contributed by atoms with E-state index < -0.39 is 0 Å². The number of hydrogen-bond acceptors (Lipinski definition) is 3. The first-order valence-corrected chi connectivity index (χ1v) is 6.44. The van der Waals surface area contributed by atoms with Gasteiger partial charge in [-0.15, -0.1) is 0 Å². The molecule has 0 saturated heterocycles. The summed E-state index contributed by atoms with van der Waals surface area (Å²) in [5.74, 6) is 1.32. The summed E-state index contributed by atoms with van der Waals surface area (Å²) in [6.07, 6.45) is 0.619. The number of rotatable bonds is 5. The Hall–Kier alpha value is -2.47. The lowest BCUT2D eigenvalue weighted by Gasteiger charge is -2.13. The molecule has 0 aliphatic rings. The van der Waals surface area contributed by atoms with Crippen molar-refractivity contribution in [3.05, 3.63) is 59.7 Å². The van der Waals surface area contributed by atoms with Crippen LogP contribution in [0.2, 0.25) is 0 Å². The van der Waals surface area contributed by atoms with Crippen molar-refractivity contribution < 1.29 is 9.47 Å². The monoisotopic (exact) mass is 267 g/mol. The molecule has 0 radical (unpaired) electrons. The smallest absolute Gasteiger partial charge is 0.125 e. The molecule has 0 N–H and O–H groups in total. The maximum Gasteiger partial charge on any atom is 0.125 e. The number of methoxy groups -OCH3 is 2. The summed E-state index contributed by atoms with van der Waals surface area (Å²) < 4.78 is 10.6. The fraction of sp³-hybridized carbons (Fsp3) is 0.235. The minimum atomic E-state index is -0.182. The number of nitriles is 1. The van der Waals surface area contributed by atoms with Gasteiger partial charge in [-0.25, -0.2) is 0 Å². The molecule has 2 aromatic carbocycles. The van der Waals surface area contributed by atoms with E-state index in [4.69, 9.17) is 9.47 Å². The van der Waals surface area contributed by atoms with E-state index in [0.29, 0.717) is 6.42 Å². The Balaban J connectivity index is 2.26. The van der Waals surface area contributed by atoms with E-state index >= 15 is 0 Å². The van der Waals surface area contributed by atoms with Crippen LogP contribution in [0.5, 0.6) is 11.5 Å². The van der Waals surface area contributed by atoms with Gasteiger partial charge in [0.25, 0.3) is 0 Å². The second kappa shape index (κ2) is 6.63. The van der Waals surface area contributed by atoms with Crippen LogP contribution >= 0.6 is 0 Å². The van der Waals surface area contributed by atoms with E-state index in [1.807, 2.05) is 48.5 Å². The van der Waals surface area contributed by atoms with Gasteiger partial charge in [-0.1, -0.05) is 36.4 Å². The van der Waals surface area contributed by atoms with Crippen LogP contribution in [0.25, 0.3) is 0 Å². The summed E-state index contributed by atoms with van der Waals surface area (Å²) in [5.41, 5.74) is 2.02. The largest absolute Gasteiger partial charge is 0.497 e. The quantitative estimate of drug-likeness (QED) is 0.832. The van der Waals surface area contributed by atoms with Crippen molar-refractivity contribution >= 4 is 0 Å². The topological polar surface area (TPSA) is 42.2 Å². The van der Waals surface area contributed by atoms with Gasteiger partial charge in [0, 0.05) is 6.07 Å². The van der Waals surface area contributed by atoms with Crippen molar-refractivity contribution in [1.29, 1.82) is 5.26 Å². The standard InChI is InChI=1S/C17H17NO2/c1-19-16-9-8-14(17(11-16)20-2)10-15(12-18)13-6-4-3-5-7-13/h3-9,11,15H,10H2,1-2H3. The summed E-state index contributed by atoms with van der Waals surface area (Å²) in [5, 5.41) is 9.39. The predicted octanol–water partition coefficient (Wildman–Crippen LogP) is 3.55. The Labute approximate surface area is 119 Å². The number of hydrogen-bond donors (Lipinski definition) is 0. The molecular formula is C17H17NO2. The molecule has 0 amide bonds. The molecule has 2 rings (SSSR count). The molecule has 0 fully saturated rings. The highest BCUT2D eigenvalue weighted by Crippen LogP contribution is 2.29. The summed E-state index contributed by atoms with van der Waals surface area (Å²) in [6, 6.07) is 17.8. The van der Waals surface area contributed by atoms with Gasteiger partial charge < -0.3 is 9.47 Å². The van der Waals surface area contributed by atoms with Gasteiger partial charge in [0.15, 0.2) is 0 Å². The zero-order chi connectivity index (χ0) is 14.4. The van der Waals surface area contributed by atoms with Crippen LogP contribution < -0.4 is 9.47 Å². The van der Waals surface area contributed by atoms with E-state index in [9.17, 15) is 5.26 Å². The Bertz CT molecular complexity index is 602. The van der Waals surface area contributed by atoms with Crippen LogP contribution in [0.4, 0.5) is 0 Å². The van der Waals surface area contributed by atoms with E-state index in [1.165, 1.54) is 0 Å². The van der Waals surface area contributed by atoms with Gasteiger partial charge in [0.2, 0.25) is 0 Å². The summed E-state index contributed by atoms with van der Waals surface area (Å²) in [7, 11) is 3.25. The fourth-order valence-electron chi connectivity index (χ4n) is 2.16. The van der Waals surface area contributed by atoms with Gasteiger partial charge in [-0.2, -0.15) is 5.26 Å². The molecule has 0 spiro atoms. The van der Waals surface area contributed by atoms with E-state index in [2.05, 4.69) is 6.07 Å². The van der Waals surface area contributed by atoms with Gasteiger partial charge in [0.05, 0.1) is 26.2 Å². The molecule has 3 heteroatoms. The molecule has 1 unspecified atom stereocenters. The van der Waals surface area contributed by atoms with Crippen LogP contribution in [0, 0.1) is 11.3 Å². The van der Waals surface area contributed by atoms with Crippen LogP contribution in [-0.4, -0.2) is 14.2 Å². The van der Waals surface area contributed by atoms with E-state index in [1.54, 1.807) is 14.2 Å². The van der Waals surface area contributed by atoms with Crippen molar-refractivity contribution in [2.45, 2.75) is 12.3 Å². The third kappa shape index (κ3) is 3.10. The molecule has 102 valence electrons. The van der Waals surface area contributed by atoms with Crippen LogP contribution in [0.3, 0.4) is 0 Å². The van der Waals surface area contributed by atoms with Crippen molar-refractivity contribution in [2.75, 3.05) is 14.2 Å². The number of ether oxygens (including phenoxy) is 2. The van der Waals surface area contributed by atoms with Crippen molar-refractivity contribution in [2.24, 2.45) is 0 Å². The average molecular weight is 267 g/mol.